The van der Waals surface area contributed by atoms with Gasteiger partial charge in [0.2, 0.25) is 10.0 Å². The standard InChI is InChI=1S/C23H36N4O4S2/c1-14(2)31-22(28)25-18-10-8-17(9-11-18)21-26-20(16(4)19(24)13-32-21)12-15(3)33(29,30)27-23(5,6)7/h8-11,14,16,19-20,27H,3,12-13,24H2,1-2,4-7H3,(H,25,28)/t16-,19?,20-/m1/s1. The van der Waals surface area contributed by atoms with Crippen LogP contribution in [-0.4, -0.2) is 49.0 Å². The molecule has 0 bridgehead atoms. The van der Waals surface area contributed by atoms with Gasteiger partial charge < -0.3 is 10.5 Å². The Morgan fingerprint density at radius 3 is 2.45 bits per heavy atom. The number of hydrogen-bond donors (Lipinski definition) is 3. The van der Waals surface area contributed by atoms with Gasteiger partial charge in [-0.3, -0.25) is 10.3 Å². The van der Waals surface area contributed by atoms with E-state index in [0.29, 0.717) is 11.4 Å². The molecule has 10 heteroatoms. The lowest BCUT2D eigenvalue weighted by Gasteiger charge is -2.26. The highest BCUT2D eigenvalue weighted by Crippen LogP contribution is 2.30. The number of sulfonamides is 1. The van der Waals surface area contributed by atoms with E-state index in [1.54, 1.807) is 58.5 Å². The van der Waals surface area contributed by atoms with Crippen molar-refractivity contribution in [2.45, 2.75) is 71.7 Å². The Kier molecular flexibility index (Phi) is 9.15. The molecule has 1 heterocycles. The fourth-order valence-corrected chi connectivity index (χ4v) is 5.69. The van der Waals surface area contributed by atoms with Crippen molar-refractivity contribution < 1.29 is 17.9 Å². The van der Waals surface area contributed by atoms with Crippen molar-refractivity contribution in [3.63, 3.8) is 0 Å². The van der Waals surface area contributed by atoms with Gasteiger partial charge in [-0.2, -0.15) is 0 Å². The van der Waals surface area contributed by atoms with Crippen LogP contribution in [0.2, 0.25) is 0 Å². The van der Waals surface area contributed by atoms with Crippen molar-refractivity contribution in [3.05, 3.63) is 41.3 Å². The van der Waals surface area contributed by atoms with Crippen molar-refractivity contribution in [1.82, 2.24) is 4.72 Å². The van der Waals surface area contributed by atoms with Crippen LogP contribution in [0.5, 0.6) is 0 Å². The van der Waals surface area contributed by atoms with Crippen LogP contribution in [-0.2, 0) is 14.8 Å². The van der Waals surface area contributed by atoms with Gasteiger partial charge in [-0.05, 0) is 52.7 Å². The second-order valence-corrected chi connectivity index (χ2v) is 12.4. The van der Waals surface area contributed by atoms with Crippen LogP contribution >= 0.6 is 11.8 Å². The van der Waals surface area contributed by atoms with Crippen LogP contribution < -0.4 is 15.8 Å². The third-order valence-electron chi connectivity index (χ3n) is 4.96. The third kappa shape index (κ3) is 8.44. The Hall–Kier alpha value is -1.88. The number of carbonyl (C=O) groups excluding carboxylic acids is 1. The SMILES string of the molecule is C=C(C[C@H]1N=C(c2ccc(NC(=O)OC(C)C)cc2)SCC(N)[C@H]1C)S(=O)(=O)NC(C)(C)C. The molecule has 0 aromatic heterocycles. The number of aliphatic imine (C=N–C) groups is 1. The quantitative estimate of drug-likeness (QED) is 0.522. The number of nitrogens with two attached hydrogens (primary N) is 1. The number of amides is 1. The highest BCUT2D eigenvalue weighted by Gasteiger charge is 2.31. The fourth-order valence-electron chi connectivity index (χ4n) is 3.18. The predicted octanol–water partition coefficient (Wildman–Crippen LogP) is 4.09. The molecular weight excluding hydrogens is 460 g/mol. The molecule has 0 aliphatic carbocycles. The highest BCUT2D eigenvalue weighted by atomic mass is 32.2. The van der Waals surface area contributed by atoms with Crippen LogP contribution in [0, 0.1) is 5.92 Å². The second kappa shape index (κ2) is 11.0. The summed E-state index contributed by atoms with van der Waals surface area (Å²) in [5, 5.41) is 3.47. The Morgan fingerprint density at radius 1 is 1.30 bits per heavy atom. The molecule has 0 radical (unpaired) electrons. The van der Waals surface area contributed by atoms with E-state index in [-0.39, 0.29) is 35.4 Å². The molecule has 2 rings (SSSR count). The molecule has 0 saturated heterocycles. The van der Waals surface area contributed by atoms with Gasteiger partial charge in [0.05, 0.1) is 22.1 Å². The van der Waals surface area contributed by atoms with Crippen LogP contribution in [0.25, 0.3) is 0 Å². The zero-order chi connectivity index (χ0) is 25.0. The van der Waals surface area contributed by atoms with Gasteiger partial charge in [0, 0.05) is 35.0 Å². The van der Waals surface area contributed by atoms with E-state index in [0.717, 1.165) is 10.6 Å². The van der Waals surface area contributed by atoms with Gasteiger partial charge in [-0.15, -0.1) is 11.8 Å². The molecule has 1 aliphatic rings. The second-order valence-electron chi connectivity index (χ2n) is 9.59. The topological polar surface area (TPSA) is 123 Å². The fraction of sp³-hybridized carbons (Fsp3) is 0.565. The van der Waals surface area contributed by atoms with Crippen molar-refractivity contribution in [1.29, 1.82) is 0 Å². The van der Waals surface area contributed by atoms with Crippen LogP contribution in [0.1, 0.15) is 53.5 Å². The highest BCUT2D eigenvalue weighted by molar-refractivity contribution is 8.14. The summed E-state index contributed by atoms with van der Waals surface area (Å²) in [6, 6.07) is 6.82. The summed E-state index contributed by atoms with van der Waals surface area (Å²) in [7, 11) is -3.69. The number of rotatable bonds is 7. The van der Waals surface area contributed by atoms with E-state index in [9.17, 15) is 13.2 Å². The van der Waals surface area contributed by atoms with Crippen LogP contribution in [0.3, 0.4) is 0 Å². The number of nitrogens with zero attached hydrogens (tertiary/aromatic N) is 1. The first-order valence-electron chi connectivity index (χ1n) is 10.9. The summed E-state index contributed by atoms with van der Waals surface area (Å²) in [4.78, 5) is 16.8. The number of benzene rings is 1. The summed E-state index contributed by atoms with van der Waals surface area (Å²) in [6.45, 7) is 14.8. The van der Waals surface area contributed by atoms with E-state index in [4.69, 9.17) is 15.5 Å². The lowest BCUT2D eigenvalue weighted by atomic mass is 9.93. The zero-order valence-corrected chi connectivity index (χ0v) is 21.8. The number of anilines is 1. The molecule has 1 amide bonds. The number of nitrogens with one attached hydrogen (secondary N) is 2. The molecule has 1 aromatic carbocycles. The van der Waals surface area contributed by atoms with E-state index in [2.05, 4.69) is 16.6 Å². The number of carbonyl (C=O) groups is 1. The Balaban J connectivity index is 2.22. The monoisotopic (exact) mass is 496 g/mol. The largest absolute Gasteiger partial charge is 0.447 e. The lowest BCUT2D eigenvalue weighted by molar-refractivity contribution is 0.130. The number of hydrogen-bond acceptors (Lipinski definition) is 7. The van der Waals surface area contributed by atoms with E-state index >= 15 is 0 Å². The van der Waals surface area contributed by atoms with E-state index in [1.165, 1.54) is 0 Å². The van der Waals surface area contributed by atoms with E-state index in [1.807, 2.05) is 19.1 Å². The molecule has 184 valence electrons. The maximum Gasteiger partial charge on any atom is 0.411 e. The maximum atomic E-state index is 12.7. The molecule has 8 nitrogen and oxygen atoms in total. The Morgan fingerprint density at radius 2 is 1.91 bits per heavy atom. The van der Waals surface area contributed by atoms with Gasteiger partial charge in [0.25, 0.3) is 0 Å². The minimum Gasteiger partial charge on any atom is -0.447 e. The average molecular weight is 497 g/mol. The van der Waals surface area contributed by atoms with Gasteiger partial charge in [-0.1, -0.05) is 25.6 Å². The third-order valence-corrected chi connectivity index (χ3v) is 7.93. The molecule has 0 saturated carbocycles. The molecule has 33 heavy (non-hydrogen) atoms. The summed E-state index contributed by atoms with van der Waals surface area (Å²) < 4.78 is 33.1. The average Bonchev–Trinajstić information content (AvgIpc) is 2.80. The van der Waals surface area contributed by atoms with Gasteiger partial charge in [0.15, 0.2) is 0 Å². The maximum absolute atomic E-state index is 12.7. The molecule has 4 N–H and O–H groups in total. The van der Waals surface area contributed by atoms with Crippen molar-refractivity contribution in [3.8, 4) is 0 Å². The van der Waals surface area contributed by atoms with Crippen LogP contribution in [0.15, 0.2) is 40.7 Å². The normalized spacial score (nSPS) is 21.8. The van der Waals surface area contributed by atoms with Crippen molar-refractivity contribution in [2.24, 2.45) is 16.6 Å². The number of thioether (sulfide) groups is 1. The molecule has 1 unspecified atom stereocenters. The summed E-state index contributed by atoms with van der Waals surface area (Å²) in [5.41, 5.74) is 7.24. The summed E-state index contributed by atoms with van der Waals surface area (Å²) in [5.74, 6) is 0.639. The number of ether oxygens (including phenoxy) is 1. The van der Waals surface area contributed by atoms with Crippen LogP contribution in [0.4, 0.5) is 10.5 Å². The van der Waals surface area contributed by atoms with Gasteiger partial charge in [-0.25, -0.2) is 17.9 Å². The summed E-state index contributed by atoms with van der Waals surface area (Å²) >= 11 is 1.54. The van der Waals surface area contributed by atoms with Gasteiger partial charge >= 0.3 is 6.09 Å². The molecule has 0 fully saturated rings. The van der Waals surface area contributed by atoms with Crippen molar-refractivity contribution in [2.75, 3.05) is 11.1 Å². The first-order valence-corrected chi connectivity index (χ1v) is 13.4. The first kappa shape index (κ1) is 27.4. The first-order chi connectivity index (χ1) is 15.2. The predicted molar refractivity (Wildman–Crippen MR) is 137 cm³/mol. The van der Waals surface area contributed by atoms with Gasteiger partial charge in [0.1, 0.15) is 0 Å². The molecular formula is C23H36N4O4S2. The Bertz CT molecular complexity index is 983. The molecule has 0 spiro atoms. The smallest absolute Gasteiger partial charge is 0.411 e. The minimum atomic E-state index is -3.69. The Labute approximate surface area is 201 Å². The molecule has 1 aliphatic heterocycles. The summed E-state index contributed by atoms with van der Waals surface area (Å²) in [6.07, 6.45) is -0.533. The minimum absolute atomic E-state index is 0.0247. The zero-order valence-electron chi connectivity index (χ0n) is 20.2. The van der Waals surface area contributed by atoms with E-state index < -0.39 is 21.7 Å². The lowest BCUT2D eigenvalue weighted by Crippen LogP contribution is -2.42. The van der Waals surface area contributed by atoms with Crippen molar-refractivity contribution >= 4 is 38.6 Å². The molecule has 3 atom stereocenters. The molecule has 1 aromatic rings.